The number of carbonyl (C=O) groups is 1. The average molecular weight is 367 g/mol. The highest BCUT2D eigenvalue weighted by Gasteiger charge is 2.16. The minimum Gasteiger partial charge on any atom is -0.494 e. The van der Waals surface area contributed by atoms with Crippen molar-refractivity contribution in [3.05, 3.63) is 53.1 Å². The summed E-state index contributed by atoms with van der Waals surface area (Å²) in [6.45, 7) is 7.54. The Balaban J connectivity index is 1.73. The third-order valence-corrected chi connectivity index (χ3v) is 5.07. The minimum absolute atomic E-state index is 0.0293. The van der Waals surface area contributed by atoms with E-state index in [9.17, 15) is 4.79 Å². The SMILES string of the molecule is COc1cc2c(cc1NC(=O)Cc1ccc(C(C)(C)C)cc1)CCCCN2. The van der Waals surface area contributed by atoms with Gasteiger partial charge in [0.25, 0.3) is 0 Å². The van der Waals surface area contributed by atoms with Crippen molar-refractivity contribution in [2.24, 2.45) is 0 Å². The van der Waals surface area contributed by atoms with Gasteiger partial charge in [-0.3, -0.25) is 4.79 Å². The molecule has 0 spiro atoms. The van der Waals surface area contributed by atoms with Crippen molar-refractivity contribution in [3.8, 4) is 5.75 Å². The van der Waals surface area contributed by atoms with Crippen molar-refractivity contribution in [2.75, 3.05) is 24.3 Å². The number of hydrogen-bond donors (Lipinski definition) is 2. The van der Waals surface area contributed by atoms with Gasteiger partial charge in [-0.05, 0) is 47.4 Å². The first-order valence-corrected chi connectivity index (χ1v) is 9.71. The summed E-state index contributed by atoms with van der Waals surface area (Å²) in [5.74, 6) is 0.665. The molecule has 0 atom stereocenters. The predicted molar refractivity (Wildman–Crippen MR) is 112 cm³/mol. The molecule has 0 bridgehead atoms. The van der Waals surface area contributed by atoms with Gasteiger partial charge in [-0.25, -0.2) is 0 Å². The molecule has 1 amide bonds. The van der Waals surface area contributed by atoms with E-state index in [-0.39, 0.29) is 11.3 Å². The number of nitrogens with one attached hydrogen (secondary N) is 2. The van der Waals surface area contributed by atoms with Crippen molar-refractivity contribution >= 4 is 17.3 Å². The molecule has 4 nitrogen and oxygen atoms in total. The van der Waals surface area contributed by atoms with Gasteiger partial charge in [-0.2, -0.15) is 0 Å². The number of rotatable bonds is 4. The van der Waals surface area contributed by atoms with Crippen LogP contribution in [0.1, 0.15) is 50.3 Å². The smallest absolute Gasteiger partial charge is 0.228 e. The first-order valence-electron chi connectivity index (χ1n) is 9.71. The number of carbonyl (C=O) groups excluding carboxylic acids is 1. The fourth-order valence-electron chi connectivity index (χ4n) is 3.43. The van der Waals surface area contributed by atoms with E-state index in [0.717, 1.165) is 42.7 Å². The summed E-state index contributed by atoms with van der Waals surface area (Å²) in [4.78, 5) is 12.6. The van der Waals surface area contributed by atoms with Crippen LogP contribution in [0.15, 0.2) is 36.4 Å². The molecule has 27 heavy (non-hydrogen) atoms. The molecular weight excluding hydrogens is 336 g/mol. The number of aryl methyl sites for hydroxylation is 1. The lowest BCUT2D eigenvalue weighted by Gasteiger charge is -2.19. The van der Waals surface area contributed by atoms with Crippen LogP contribution in [-0.4, -0.2) is 19.6 Å². The van der Waals surface area contributed by atoms with E-state index < -0.39 is 0 Å². The monoisotopic (exact) mass is 366 g/mol. The summed E-state index contributed by atoms with van der Waals surface area (Å²) < 4.78 is 5.50. The number of ether oxygens (including phenoxy) is 1. The number of hydrogen-bond acceptors (Lipinski definition) is 3. The van der Waals surface area contributed by atoms with Crippen LogP contribution in [-0.2, 0) is 23.1 Å². The number of anilines is 2. The highest BCUT2D eigenvalue weighted by Crippen LogP contribution is 2.34. The van der Waals surface area contributed by atoms with Crippen LogP contribution in [0.5, 0.6) is 5.75 Å². The Morgan fingerprint density at radius 2 is 1.89 bits per heavy atom. The maximum Gasteiger partial charge on any atom is 0.228 e. The first kappa shape index (κ1) is 19.3. The molecule has 1 heterocycles. The third kappa shape index (κ3) is 4.82. The Bertz CT molecular complexity index is 804. The van der Waals surface area contributed by atoms with Crippen LogP contribution in [0.2, 0.25) is 0 Å². The molecule has 144 valence electrons. The number of fused-ring (bicyclic) bond motifs is 1. The van der Waals surface area contributed by atoms with Gasteiger partial charge in [-0.1, -0.05) is 45.0 Å². The average Bonchev–Trinajstić information content (AvgIpc) is 2.85. The molecule has 1 aliphatic rings. The van der Waals surface area contributed by atoms with E-state index >= 15 is 0 Å². The zero-order valence-electron chi connectivity index (χ0n) is 16.8. The number of amides is 1. The van der Waals surface area contributed by atoms with Gasteiger partial charge in [0.05, 0.1) is 19.2 Å². The van der Waals surface area contributed by atoms with Gasteiger partial charge >= 0.3 is 0 Å². The Labute approximate surface area is 162 Å². The van der Waals surface area contributed by atoms with E-state index in [0.29, 0.717) is 12.2 Å². The van der Waals surface area contributed by atoms with Gasteiger partial charge in [-0.15, -0.1) is 0 Å². The third-order valence-electron chi connectivity index (χ3n) is 5.07. The molecule has 0 radical (unpaired) electrons. The van der Waals surface area contributed by atoms with Gasteiger partial charge < -0.3 is 15.4 Å². The van der Waals surface area contributed by atoms with Crippen molar-refractivity contribution in [3.63, 3.8) is 0 Å². The van der Waals surface area contributed by atoms with Gasteiger partial charge in [0.2, 0.25) is 5.91 Å². The zero-order valence-corrected chi connectivity index (χ0v) is 16.8. The van der Waals surface area contributed by atoms with Crippen molar-refractivity contribution in [2.45, 2.75) is 51.9 Å². The minimum atomic E-state index is -0.0293. The van der Waals surface area contributed by atoms with Gasteiger partial charge in [0.15, 0.2) is 0 Å². The molecule has 2 aromatic rings. The van der Waals surface area contributed by atoms with E-state index in [1.54, 1.807) is 7.11 Å². The molecule has 0 aromatic heterocycles. The summed E-state index contributed by atoms with van der Waals surface area (Å²) >= 11 is 0. The first-order chi connectivity index (χ1) is 12.9. The van der Waals surface area contributed by atoms with E-state index in [2.05, 4.69) is 43.5 Å². The normalized spacial score (nSPS) is 13.9. The lowest BCUT2D eigenvalue weighted by molar-refractivity contribution is -0.115. The van der Waals surface area contributed by atoms with Crippen molar-refractivity contribution in [1.29, 1.82) is 0 Å². The molecule has 0 saturated heterocycles. The van der Waals surface area contributed by atoms with Crippen LogP contribution in [0, 0.1) is 0 Å². The molecule has 0 fully saturated rings. The quantitative estimate of drug-likeness (QED) is 0.807. The Morgan fingerprint density at radius 1 is 1.15 bits per heavy atom. The maximum absolute atomic E-state index is 12.6. The molecule has 2 N–H and O–H groups in total. The largest absolute Gasteiger partial charge is 0.494 e. The fourth-order valence-corrected chi connectivity index (χ4v) is 3.43. The summed E-state index contributed by atoms with van der Waals surface area (Å²) in [6, 6.07) is 12.3. The number of benzene rings is 2. The van der Waals surface area contributed by atoms with Gasteiger partial charge in [0, 0.05) is 18.3 Å². The topological polar surface area (TPSA) is 50.4 Å². The molecule has 2 aromatic carbocycles. The molecule has 1 aliphatic heterocycles. The Hall–Kier alpha value is -2.49. The van der Waals surface area contributed by atoms with Crippen LogP contribution in [0.3, 0.4) is 0 Å². The summed E-state index contributed by atoms with van der Waals surface area (Å²) in [5, 5.41) is 6.48. The summed E-state index contributed by atoms with van der Waals surface area (Å²) in [5.41, 5.74) is 5.49. The fraction of sp³-hybridized carbons (Fsp3) is 0.435. The van der Waals surface area contributed by atoms with Crippen LogP contribution < -0.4 is 15.4 Å². The van der Waals surface area contributed by atoms with Crippen molar-refractivity contribution in [1.82, 2.24) is 0 Å². The van der Waals surface area contributed by atoms with Crippen LogP contribution in [0.25, 0.3) is 0 Å². The van der Waals surface area contributed by atoms with E-state index in [1.165, 1.54) is 11.1 Å². The second-order valence-corrected chi connectivity index (χ2v) is 8.27. The van der Waals surface area contributed by atoms with Crippen LogP contribution >= 0.6 is 0 Å². The Kier molecular flexibility index (Phi) is 5.73. The maximum atomic E-state index is 12.6. The molecule has 3 rings (SSSR count). The number of methoxy groups -OCH3 is 1. The lowest BCUT2D eigenvalue weighted by atomic mass is 9.86. The van der Waals surface area contributed by atoms with E-state index in [4.69, 9.17) is 4.74 Å². The second-order valence-electron chi connectivity index (χ2n) is 8.27. The highest BCUT2D eigenvalue weighted by molar-refractivity contribution is 5.94. The standard InChI is InChI=1S/C23H30N2O2/c1-23(2,3)18-10-8-16(9-11-18)13-22(26)25-20-14-17-7-5-6-12-24-19(17)15-21(20)27-4/h8-11,14-15,24H,5-7,12-13H2,1-4H3,(H,25,26). The summed E-state index contributed by atoms with van der Waals surface area (Å²) in [6.07, 6.45) is 3.68. The summed E-state index contributed by atoms with van der Waals surface area (Å²) in [7, 11) is 1.64. The van der Waals surface area contributed by atoms with Crippen LogP contribution in [0.4, 0.5) is 11.4 Å². The highest BCUT2D eigenvalue weighted by atomic mass is 16.5. The second kappa shape index (κ2) is 8.03. The molecule has 0 unspecified atom stereocenters. The molecule has 0 saturated carbocycles. The lowest BCUT2D eigenvalue weighted by Crippen LogP contribution is -2.16. The molecular formula is C23H30N2O2. The Morgan fingerprint density at radius 3 is 2.56 bits per heavy atom. The predicted octanol–water partition coefficient (Wildman–Crippen LogP) is 4.92. The van der Waals surface area contributed by atoms with Crippen molar-refractivity contribution < 1.29 is 9.53 Å². The van der Waals surface area contributed by atoms with Gasteiger partial charge in [0.1, 0.15) is 5.75 Å². The van der Waals surface area contributed by atoms with E-state index in [1.807, 2.05) is 24.3 Å². The molecule has 4 heteroatoms. The zero-order chi connectivity index (χ0) is 19.4. The molecule has 0 aliphatic carbocycles.